The third-order valence-electron chi connectivity index (χ3n) is 15.1. The molecule has 306 valence electrons. The van der Waals surface area contributed by atoms with Gasteiger partial charge in [-0.15, -0.1) is 0 Å². The molecule has 9 atom stereocenters. The fourth-order valence-electron chi connectivity index (χ4n) is 11.5. The number of ether oxygens (including phenoxy) is 3. The molecule has 0 bridgehead atoms. The van der Waals surface area contributed by atoms with E-state index in [0.717, 1.165) is 103 Å². The lowest BCUT2D eigenvalue weighted by atomic mass is 9.47. The van der Waals surface area contributed by atoms with Crippen LogP contribution in [0.15, 0.2) is 60.2 Å². The van der Waals surface area contributed by atoms with Gasteiger partial charge in [0.2, 0.25) is 0 Å². The fourth-order valence-corrected chi connectivity index (χ4v) is 11.5. The maximum atomic E-state index is 12.9. The van der Waals surface area contributed by atoms with E-state index in [-0.39, 0.29) is 17.5 Å². The zero-order valence-electron chi connectivity index (χ0n) is 36.2. The minimum absolute atomic E-state index is 0.0238. The van der Waals surface area contributed by atoms with Crippen LogP contribution >= 0.6 is 0 Å². The molecule has 2 aromatic rings. The Morgan fingerprint density at radius 2 is 1.48 bits per heavy atom. The monoisotopic (exact) mass is 763 g/mol. The molecular formula is C52H74O4. The summed E-state index contributed by atoms with van der Waals surface area (Å²) in [5.74, 6) is 13.9. The smallest absolute Gasteiger partial charge is 0.306 e. The first-order chi connectivity index (χ1) is 27.0. The fraction of sp³-hybridized carbons (Fsp3) is 0.673. The molecule has 4 heteroatoms. The highest BCUT2D eigenvalue weighted by Crippen LogP contribution is 2.67. The Hall–Kier alpha value is -3.19. The molecule has 0 unspecified atom stereocenters. The lowest BCUT2D eigenvalue weighted by molar-refractivity contribution is -0.151. The van der Waals surface area contributed by atoms with Crippen molar-refractivity contribution in [2.24, 2.45) is 52.3 Å². The van der Waals surface area contributed by atoms with Crippen molar-refractivity contribution in [3.05, 3.63) is 71.3 Å². The number of carbonyl (C=O) groups is 1. The normalized spacial score (nSPS) is 29.1. The van der Waals surface area contributed by atoms with Crippen LogP contribution in [0.4, 0.5) is 0 Å². The second-order valence-corrected chi connectivity index (χ2v) is 19.4. The minimum atomic E-state index is -0.0238. The van der Waals surface area contributed by atoms with Crippen molar-refractivity contribution in [3.8, 4) is 23.3 Å². The molecule has 56 heavy (non-hydrogen) atoms. The van der Waals surface area contributed by atoms with Crippen LogP contribution < -0.4 is 9.47 Å². The Morgan fingerprint density at radius 1 is 0.786 bits per heavy atom. The number of rotatable bonds is 17. The standard InChI is InChI=1S/C52H74O4/c1-8-38(4)36-55-44-25-20-41(21-26-44)17-16-40-18-23-43(24-19-40)54-34-11-9-10-15-50(53)56-45-30-32-51(6)42(35-45)22-27-46-48-29-28-47(39(5)14-12-13-37(2)3)52(48,7)33-31-49(46)51/h18-26,37-39,45-49H,8-15,27-36H2,1-7H3/t38-,39+,45-,46-,47+,48-,49-,51-,52+/m0/s1. The zero-order chi connectivity index (χ0) is 39.7. The van der Waals surface area contributed by atoms with Crippen LogP contribution in [0.1, 0.15) is 162 Å². The first-order valence-corrected chi connectivity index (χ1v) is 22.8. The Morgan fingerprint density at radius 3 is 2.16 bits per heavy atom. The van der Waals surface area contributed by atoms with Gasteiger partial charge in [0.15, 0.2) is 0 Å². The molecule has 6 rings (SSSR count). The van der Waals surface area contributed by atoms with Crippen LogP contribution in [0.3, 0.4) is 0 Å². The number of hydrogen-bond donors (Lipinski definition) is 0. The molecule has 0 amide bonds. The second-order valence-electron chi connectivity index (χ2n) is 19.4. The van der Waals surface area contributed by atoms with Gasteiger partial charge in [-0.05, 0) is 165 Å². The molecule has 0 saturated heterocycles. The first-order valence-electron chi connectivity index (χ1n) is 22.8. The molecular weight excluding hydrogens is 689 g/mol. The molecule has 4 nitrogen and oxygen atoms in total. The van der Waals surface area contributed by atoms with Crippen molar-refractivity contribution in [1.82, 2.24) is 0 Å². The van der Waals surface area contributed by atoms with E-state index >= 15 is 0 Å². The molecule has 4 aliphatic rings. The van der Waals surface area contributed by atoms with Gasteiger partial charge < -0.3 is 14.2 Å². The lowest BCUT2D eigenvalue weighted by Crippen LogP contribution is -2.51. The summed E-state index contributed by atoms with van der Waals surface area (Å²) in [7, 11) is 0. The second kappa shape index (κ2) is 19.5. The van der Waals surface area contributed by atoms with Crippen molar-refractivity contribution in [1.29, 1.82) is 0 Å². The van der Waals surface area contributed by atoms with Crippen LogP contribution in [-0.2, 0) is 9.53 Å². The van der Waals surface area contributed by atoms with E-state index in [4.69, 9.17) is 14.2 Å². The number of fused-ring (bicyclic) bond motifs is 5. The third kappa shape index (κ3) is 10.5. The maximum absolute atomic E-state index is 12.9. The van der Waals surface area contributed by atoms with Gasteiger partial charge in [-0.2, -0.15) is 0 Å². The summed E-state index contributed by atoms with van der Waals surface area (Å²) in [4.78, 5) is 12.9. The SMILES string of the molecule is CC[C@H](C)COc1ccc(C#Cc2ccc(OCCCCCC(=O)O[C@H]3CC[C@@]4(C)C(=CC[C@H]5[C@@H]6CC[C@H]([C@H](C)CCCC(C)C)[C@@]6(C)CC[C@@H]54)C3)cc2)cc1. The third-order valence-corrected chi connectivity index (χ3v) is 15.1. The number of benzene rings is 2. The predicted molar refractivity (Wildman–Crippen MR) is 231 cm³/mol. The Bertz CT molecular complexity index is 1640. The molecule has 0 radical (unpaired) electrons. The van der Waals surface area contributed by atoms with Gasteiger partial charge in [0.25, 0.3) is 0 Å². The highest BCUT2D eigenvalue weighted by atomic mass is 16.5. The van der Waals surface area contributed by atoms with Crippen molar-refractivity contribution in [2.45, 2.75) is 157 Å². The van der Waals surface area contributed by atoms with Gasteiger partial charge in [-0.25, -0.2) is 0 Å². The summed E-state index contributed by atoms with van der Waals surface area (Å²) in [6.45, 7) is 18.3. The van der Waals surface area contributed by atoms with Crippen LogP contribution in [0.25, 0.3) is 0 Å². The molecule has 3 saturated carbocycles. The number of hydrogen-bond acceptors (Lipinski definition) is 4. The molecule has 0 aromatic heterocycles. The predicted octanol–water partition coefficient (Wildman–Crippen LogP) is 13.4. The topological polar surface area (TPSA) is 44.8 Å². The number of allylic oxidation sites excluding steroid dienone is 1. The summed E-state index contributed by atoms with van der Waals surface area (Å²) in [6.07, 6.45) is 21.2. The van der Waals surface area contributed by atoms with E-state index in [1.807, 2.05) is 48.5 Å². The van der Waals surface area contributed by atoms with Gasteiger partial charge in [0.1, 0.15) is 17.6 Å². The summed E-state index contributed by atoms with van der Waals surface area (Å²) < 4.78 is 18.0. The van der Waals surface area contributed by atoms with Crippen LogP contribution in [0.2, 0.25) is 0 Å². The molecule has 4 aliphatic carbocycles. The molecule has 0 N–H and O–H groups in total. The average molecular weight is 763 g/mol. The van der Waals surface area contributed by atoms with Gasteiger partial charge >= 0.3 is 5.97 Å². The largest absolute Gasteiger partial charge is 0.494 e. The lowest BCUT2D eigenvalue weighted by Gasteiger charge is -2.58. The molecule has 2 aromatic carbocycles. The highest BCUT2D eigenvalue weighted by Gasteiger charge is 2.59. The van der Waals surface area contributed by atoms with Gasteiger partial charge in [-0.1, -0.05) is 97.6 Å². The Labute approximate surface area is 341 Å². The van der Waals surface area contributed by atoms with E-state index in [1.54, 1.807) is 5.57 Å². The van der Waals surface area contributed by atoms with E-state index in [2.05, 4.69) is 66.4 Å². The van der Waals surface area contributed by atoms with E-state index in [1.165, 1.54) is 57.8 Å². The summed E-state index contributed by atoms with van der Waals surface area (Å²) in [5, 5.41) is 0. The Balaban J connectivity index is 0.875. The van der Waals surface area contributed by atoms with Crippen molar-refractivity contribution < 1.29 is 19.0 Å². The van der Waals surface area contributed by atoms with E-state index < -0.39 is 0 Å². The summed E-state index contributed by atoms with van der Waals surface area (Å²) in [6, 6.07) is 16.0. The zero-order valence-corrected chi connectivity index (χ0v) is 36.2. The molecule has 0 aliphatic heterocycles. The van der Waals surface area contributed by atoms with Crippen molar-refractivity contribution >= 4 is 5.97 Å². The number of esters is 1. The van der Waals surface area contributed by atoms with Gasteiger partial charge in [-0.3, -0.25) is 4.79 Å². The molecule has 0 heterocycles. The maximum Gasteiger partial charge on any atom is 0.306 e. The summed E-state index contributed by atoms with van der Waals surface area (Å²) in [5.41, 5.74) is 4.34. The molecule has 0 spiro atoms. The quantitative estimate of drug-likeness (QED) is 0.0697. The van der Waals surface area contributed by atoms with Crippen LogP contribution in [-0.4, -0.2) is 25.3 Å². The molecule has 3 fully saturated rings. The van der Waals surface area contributed by atoms with E-state index in [9.17, 15) is 4.79 Å². The van der Waals surface area contributed by atoms with Crippen LogP contribution in [0, 0.1) is 64.1 Å². The van der Waals surface area contributed by atoms with Gasteiger partial charge in [0, 0.05) is 24.0 Å². The van der Waals surface area contributed by atoms with Crippen LogP contribution in [0.5, 0.6) is 11.5 Å². The van der Waals surface area contributed by atoms with Crippen molar-refractivity contribution in [2.75, 3.05) is 13.2 Å². The van der Waals surface area contributed by atoms with E-state index in [0.29, 0.717) is 24.4 Å². The number of unbranched alkanes of at least 4 members (excludes halogenated alkanes) is 2. The minimum Gasteiger partial charge on any atom is -0.494 e. The number of carbonyl (C=O) groups excluding carboxylic acids is 1. The highest BCUT2D eigenvalue weighted by molar-refractivity contribution is 5.69. The average Bonchev–Trinajstić information content (AvgIpc) is 3.55. The van der Waals surface area contributed by atoms with Crippen molar-refractivity contribution in [3.63, 3.8) is 0 Å². The Kier molecular flexibility index (Phi) is 14.8. The summed E-state index contributed by atoms with van der Waals surface area (Å²) >= 11 is 0. The van der Waals surface area contributed by atoms with Gasteiger partial charge in [0.05, 0.1) is 13.2 Å². The first kappa shape index (κ1) is 42.4.